The average molecular weight is 528 g/mol. The highest BCUT2D eigenvalue weighted by atomic mass is 19.1. The van der Waals surface area contributed by atoms with Gasteiger partial charge in [0, 0.05) is 25.3 Å². The van der Waals surface area contributed by atoms with Gasteiger partial charge in [0.25, 0.3) is 0 Å². The Morgan fingerprint density at radius 1 is 0.974 bits per heavy atom. The Bertz CT molecular complexity index is 942. The van der Waals surface area contributed by atoms with E-state index in [-0.39, 0.29) is 24.4 Å². The molecule has 0 aliphatic carbocycles. The van der Waals surface area contributed by atoms with E-state index >= 15 is 0 Å². The maximum atomic E-state index is 13.4. The Kier molecular flexibility index (Phi) is 19.8. The predicted molar refractivity (Wildman–Crippen MR) is 154 cm³/mol. The highest BCUT2D eigenvalue weighted by molar-refractivity contribution is 5.44. The summed E-state index contributed by atoms with van der Waals surface area (Å²) in [6.45, 7) is 8.76. The number of nitrogens with one attached hydrogen (secondary N) is 1. The molecule has 1 fully saturated rings. The van der Waals surface area contributed by atoms with Gasteiger partial charge in [0.15, 0.2) is 0 Å². The van der Waals surface area contributed by atoms with Gasteiger partial charge >= 0.3 is 0 Å². The molecule has 1 aromatic heterocycles. The lowest BCUT2D eigenvalue weighted by molar-refractivity contribution is 0.0237. The molecular formula is C30H43F2N5O. The third-order valence-corrected chi connectivity index (χ3v) is 5.20. The second kappa shape index (κ2) is 21.7. The standard InChI is InChI=1S/C14H13F.C11H16FN3O.C2H6.C2H2.CH6N2/c1-11-2-4-12(5-3-11)10-13-6-8-14(15)9-7-13;12-10-6-15-7-11(13)9(10)2-1-8-5-14-3-4-16-8;2*1-2;2-1-3/h2-9H,10H2,1H3;6-8,14H,1-5,13H2;1-2H3;1-2H;1-3H2/t;8-;;;/m.1.../s1. The highest BCUT2D eigenvalue weighted by Gasteiger charge is 2.15. The molecule has 2 aromatic carbocycles. The molecule has 1 aliphatic rings. The fourth-order valence-corrected chi connectivity index (χ4v) is 3.39. The number of nitrogen functional groups attached to an aromatic ring is 1. The van der Waals surface area contributed by atoms with Gasteiger partial charge in [-0.3, -0.25) is 4.98 Å². The molecule has 0 amide bonds. The maximum Gasteiger partial charge on any atom is 0.146 e. The second-order valence-electron chi connectivity index (χ2n) is 7.95. The van der Waals surface area contributed by atoms with E-state index in [0.717, 1.165) is 38.1 Å². The minimum Gasteiger partial charge on any atom is -0.397 e. The van der Waals surface area contributed by atoms with Gasteiger partial charge in [0.2, 0.25) is 0 Å². The number of halogens is 2. The molecule has 0 unspecified atom stereocenters. The van der Waals surface area contributed by atoms with Crippen molar-refractivity contribution in [2.75, 3.05) is 32.1 Å². The molecule has 3 aromatic rings. The number of nitrogens with zero attached hydrogens (tertiary/aromatic N) is 1. The zero-order valence-corrected chi connectivity index (χ0v) is 22.8. The number of rotatable bonds is 5. The molecule has 1 saturated heterocycles. The molecule has 0 bridgehead atoms. The van der Waals surface area contributed by atoms with Crippen LogP contribution in [0.4, 0.5) is 14.5 Å². The zero-order valence-electron chi connectivity index (χ0n) is 22.8. The molecule has 38 heavy (non-hydrogen) atoms. The molecule has 0 saturated carbocycles. The van der Waals surface area contributed by atoms with Gasteiger partial charge in [0.1, 0.15) is 11.6 Å². The van der Waals surface area contributed by atoms with Crippen LogP contribution in [0, 0.1) is 31.4 Å². The van der Waals surface area contributed by atoms with Gasteiger partial charge in [-0.1, -0.05) is 55.8 Å². The Hall–Kier alpha value is -3.35. The van der Waals surface area contributed by atoms with E-state index < -0.39 is 0 Å². The van der Waals surface area contributed by atoms with Crippen LogP contribution in [-0.4, -0.2) is 37.5 Å². The van der Waals surface area contributed by atoms with Crippen molar-refractivity contribution in [2.24, 2.45) is 11.5 Å². The lowest BCUT2D eigenvalue weighted by Crippen LogP contribution is -2.38. The van der Waals surface area contributed by atoms with Crippen molar-refractivity contribution in [3.8, 4) is 12.8 Å². The van der Waals surface area contributed by atoms with Crippen LogP contribution in [0.1, 0.15) is 42.5 Å². The van der Waals surface area contributed by atoms with Gasteiger partial charge < -0.3 is 27.3 Å². The van der Waals surface area contributed by atoms with Crippen molar-refractivity contribution in [3.05, 3.63) is 94.8 Å². The first kappa shape index (κ1) is 34.6. The lowest BCUT2D eigenvalue weighted by Gasteiger charge is -2.23. The number of aromatic nitrogens is 1. The first-order chi connectivity index (χ1) is 18.4. The van der Waals surface area contributed by atoms with E-state index in [9.17, 15) is 8.78 Å². The number of benzene rings is 2. The summed E-state index contributed by atoms with van der Waals surface area (Å²) in [7, 11) is 0. The van der Waals surface area contributed by atoms with Crippen LogP contribution in [0.2, 0.25) is 0 Å². The number of terminal acetylenes is 1. The topological polar surface area (TPSA) is 112 Å². The first-order valence-electron chi connectivity index (χ1n) is 12.7. The predicted octanol–water partition coefficient (Wildman–Crippen LogP) is 4.59. The number of anilines is 1. The Morgan fingerprint density at radius 2 is 1.53 bits per heavy atom. The number of aryl methyl sites for hydroxylation is 1. The minimum absolute atomic E-state index is 0.153. The average Bonchev–Trinajstić information content (AvgIpc) is 2.95. The van der Waals surface area contributed by atoms with Gasteiger partial charge in [0.05, 0.1) is 30.8 Å². The van der Waals surface area contributed by atoms with Crippen molar-refractivity contribution >= 4 is 5.69 Å². The van der Waals surface area contributed by atoms with Crippen LogP contribution >= 0.6 is 0 Å². The molecule has 7 N–H and O–H groups in total. The van der Waals surface area contributed by atoms with Gasteiger partial charge in [-0.2, -0.15) is 0 Å². The Balaban J connectivity index is 0.000000585. The number of hydrogen-bond donors (Lipinski definition) is 4. The van der Waals surface area contributed by atoms with Gasteiger partial charge in [-0.25, -0.2) is 8.78 Å². The normalized spacial score (nSPS) is 13.6. The monoisotopic (exact) mass is 527 g/mol. The SMILES string of the molecule is C#C.CC.Cc1ccc(Cc2ccc(F)cc2)cc1.NCN.Nc1cncc(F)c1CC[C@@H]1CNCCO1. The number of morpholine rings is 1. The third-order valence-electron chi connectivity index (χ3n) is 5.20. The van der Waals surface area contributed by atoms with Crippen molar-refractivity contribution in [1.82, 2.24) is 10.3 Å². The van der Waals surface area contributed by atoms with Crippen molar-refractivity contribution in [1.29, 1.82) is 0 Å². The number of pyridine rings is 1. The van der Waals surface area contributed by atoms with E-state index in [1.165, 1.54) is 35.7 Å². The second-order valence-corrected chi connectivity index (χ2v) is 7.95. The van der Waals surface area contributed by atoms with Crippen molar-refractivity contribution in [3.63, 3.8) is 0 Å². The summed E-state index contributed by atoms with van der Waals surface area (Å²) in [5.74, 6) is -0.508. The Morgan fingerprint density at radius 3 is 2.03 bits per heavy atom. The van der Waals surface area contributed by atoms with E-state index in [1.54, 1.807) is 0 Å². The number of ether oxygens (including phenoxy) is 1. The van der Waals surface area contributed by atoms with Gasteiger partial charge in [-0.15, -0.1) is 12.8 Å². The minimum atomic E-state index is -0.330. The van der Waals surface area contributed by atoms with Crippen LogP contribution in [0.15, 0.2) is 60.9 Å². The van der Waals surface area contributed by atoms with Crippen LogP contribution < -0.4 is 22.5 Å². The van der Waals surface area contributed by atoms with E-state index in [0.29, 0.717) is 17.7 Å². The van der Waals surface area contributed by atoms with Crippen LogP contribution in [0.3, 0.4) is 0 Å². The Labute approximate surface area is 227 Å². The molecule has 0 radical (unpaired) electrons. The molecule has 0 spiro atoms. The molecule has 1 atom stereocenters. The summed E-state index contributed by atoms with van der Waals surface area (Å²) in [5.41, 5.74) is 19.6. The molecule has 1 aliphatic heterocycles. The van der Waals surface area contributed by atoms with E-state index in [1.807, 2.05) is 26.0 Å². The molecule has 208 valence electrons. The van der Waals surface area contributed by atoms with Crippen molar-refractivity contribution < 1.29 is 13.5 Å². The van der Waals surface area contributed by atoms with Gasteiger partial charge in [-0.05, 0) is 49.4 Å². The van der Waals surface area contributed by atoms with Crippen LogP contribution in [0.5, 0.6) is 0 Å². The first-order valence-corrected chi connectivity index (χ1v) is 12.7. The summed E-state index contributed by atoms with van der Waals surface area (Å²) in [5, 5.41) is 3.24. The van der Waals surface area contributed by atoms with Crippen LogP contribution in [-0.2, 0) is 17.6 Å². The summed E-state index contributed by atoms with van der Waals surface area (Å²) in [4.78, 5) is 3.70. The number of nitrogens with two attached hydrogens (primary N) is 3. The quantitative estimate of drug-likeness (QED) is 0.285. The zero-order chi connectivity index (χ0) is 28.8. The summed E-state index contributed by atoms with van der Waals surface area (Å²) < 4.78 is 31.6. The smallest absolute Gasteiger partial charge is 0.146 e. The highest BCUT2D eigenvalue weighted by Crippen LogP contribution is 2.17. The fourth-order valence-electron chi connectivity index (χ4n) is 3.39. The van der Waals surface area contributed by atoms with E-state index in [2.05, 4.69) is 65.8 Å². The largest absolute Gasteiger partial charge is 0.397 e. The third kappa shape index (κ3) is 14.4. The van der Waals surface area contributed by atoms with Crippen molar-refractivity contribution in [2.45, 2.75) is 46.1 Å². The summed E-state index contributed by atoms with van der Waals surface area (Å²) >= 11 is 0. The van der Waals surface area contributed by atoms with E-state index in [4.69, 9.17) is 10.5 Å². The maximum absolute atomic E-state index is 13.4. The molecule has 6 nitrogen and oxygen atoms in total. The fraction of sp³-hybridized carbons (Fsp3) is 0.367. The summed E-state index contributed by atoms with van der Waals surface area (Å²) in [6.07, 6.45) is 13.1. The summed E-state index contributed by atoms with van der Waals surface area (Å²) in [6, 6.07) is 15.1. The lowest BCUT2D eigenvalue weighted by atomic mass is 10.0. The van der Waals surface area contributed by atoms with Crippen LogP contribution in [0.25, 0.3) is 0 Å². The molecular weight excluding hydrogens is 484 g/mol. The molecule has 4 rings (SSSR count). The molecule has 8 heteroatoms. The molecule has 2 heterocycles. The number of hydrogen-bond acceptors (Lipinski definition) is 6.